The number of benzene rings is 2. The van der Waals surface area contributed by atoms with E-state index in [0.717, 1.165) is 11.1 Å². The predicted octanol–water partition coefficient (Wildman–Crippen LogP) is 4.85. The molecular weight excluding hydrogens is 358 g/mol. The van der Waals surface area contributed by atoms with Crippen LogP contribution in [0, 0.1) is 0 Å². The highest BCUT2D eigenvalue weighted by atomic mass is 32.2. The first-order valence-corrected chi connectivity index (χ1v) is 9.24. The molecule has 4 rings (SSSR count). The third kappa shape index (κ3) is 3.96. The second kappa shape index (κ2) is 7.97. The van der Waals surface area contributed by atoms with Gasteiger partial charge in [0.25, 0.3) is 5.22 Å². The van der Waals surface area contributed by atoms with Gasteiger partial charge >= 0.3 is 0 Å². The summed E-state index contributed by atoms with van der Waals surface area (Å²) in [4.78, 5) is 17.2. The fourth-order valence-corrected chi connectivity index (χ4v) is 3.57. The first-order valence-electron chi connectivity index (χ1n) is 8.36. The van der Waals surface area contributed by atoms with Crippen molar-refractivity contribution in [2.24, 2.45) is 0 Å². The molecule has 1 atom stereocenters. The summed E-state index contributed by atoms with van der Waals surface area (Å²) >= 11 is 1.25. The number of thioether (sulfide) groups is 1. The minimum atomic E-state index is -0.476. The van der Waals surface area contributed by atoms with Crippen molar-refractivity contribution in [1.29, 1.82) is 0 Å². The molecule has 0 amide bonds. The number of carbonyl (C=O) groups excluding carboxylic acids is 1. The van der Waals surface area contributed by atoms with Gasteiger partial charge in [0.15, 0.2) is 5.78 Å². The minimum absolute atomic E-state index is 0.00655. The summed E-state index contributed by atoms with van der Waals surface area (Å²) in [7, 11) is 0. The van der Waals surface area contributed by atoms with Crippen LogP contribution in [0.3, 0.4) is 0 Å². The molecule has 5 nitrogen and oxygen atoms in total. The fourth-order valence-electron chi connectivity index (χ4n) is 2.62. The molecule has 4 aromatic rings. The Morgan fingerprint density at radius 2 is 1.63 bits per heavy atom. The molecule has 0 bridgehead atoms. The van der Waals surface area contributed by atoms with Crippen LogP contribution in [0.15, 0.2) is 94.8 Å². The Hall–Kier alpha value is -3.25. The zero-order chi connectivity index (χ0) is 18.5. The first kappa shape index (κ1) is 17.2. The van der Waals surface area contributed by atoms with Crippen LogP contribution in [-0.2, 0) is 0 Å². The van der Waals surface area contributed by atoms with Crippen LogP contribution in [0.5, 0.6) is 0 Å². The summed E-state index contributed by atoms with van der Waals surface area (Å²) in [6.07, 6.45) is 3.34. The van der Waals surface area contributed by atoms with Crippen LogP contribution in [0.25, 0.3) is 11.5 Å². The molecule has 0 N–H and O–H groups in total. The molecule has 132 valence electrons. The molecule has 0 aliphatic carbocycles. The molecule has 0 saturated heterocycles. The van der Waals surface area contributed by atoms with Crippen molar-refractivity contribution in [2.75, 3.05) is 0 Å². The number of hydrogen-bond acceptors (Lipinski definition) is 6. The number of Topliss-reactive ketones (excluding diaryl/α,β-unsaturated/α-hetero) is 1. The topological polar surface area (TPSA) is 68.9 Å². The van der Waals surface area contributed by atoms with Crippen LogP contribution in [0.1, 0.15) is 21.2 Å². The van der Waals surface area contributed by atoms with Crippen molar-refractivity contribution in [1.82, 2.24) is 15.2 Å². The molecule has 6 heteroatoms. The van der Waals surface area contributed by atoms with Crippen LogP contribution < -0.4 is 0 Å². The van der Waals surface area contributed by atoms with Gasteiger partial charge in [-0.3, -0.25) is 9.78 Å². The molecule has 0 saturated carbocycles. The smallest absolute Gasteiger partial charge is 0.277 e. The summed E-state index contributed by atoms with van der Waals surface area (Å²) < 4.78 is 5.76. The molecule has 0 aliphatic rings. The summed E-state index contributed by atoms with van der Waals surface area (Å²) in [5.41, 5.74) is 2.27. The number of rotatable bonds is 6. The van der Waals surface area contributed by atoms with Crippen molar-refractivity contribution < 1.29 is 9.21 Å². The lowest BCUT2D eigenvalue weighted by atomic mass is 10.0. The highest BCUT2D eigenvalue weighted by Crippen LogP contribution is 2.37. The highest BCUT2D eigenvalue weighted by Gasteiger charge is 2.26. The van der Waals surface area contributed by atoms with E-state index in [0.29, 0.717) is 16.7 Å². The van der Waals surface area contributed by atoms with E-state index < -0.39 is 5.25 Å². The summed E-state index contributed by atoms with van der Waals surface area (Å²) in [5, 5.41) is 8.04. The van der Waals surface area contributed by atoms with Gasteiger partial charge in [-0.1, -0.05) is 60.7 Å². The van der Waals surface area contributed by atoms with Gasteiger partial charge in [0.05, 0.1) is 5.56 Å². The van der Waals surface area contributed by atoms with Crippen molar-refractivity contribution in [3.8, 4) is 11.5 Å². The molecule has 2 heterocycles. The summed E-state index contributed by atoms with van der Waals surface area (Å²) in [6, 6.07) is 22.5. The molecule has 27 heavy (non-hydrogen) atoms. The zero-order valence-electron chi connectivity index (χ0n) is 14.2. The Morgan fingerprint density at radius 3 is 2.33 bits per heavy atom. The standard InChI is InChI=1S/C21H15N3O2S/c25-18(15-8-3-1-4-9-15)19(16-10-5-2-6-11-16)27-21-24-23-20(26-21)17-12-7-13-22-14-17/h1-14,19H/t19-/m1/s1. The van der Waals surface area contributed by atoms with Crippen LogP contribution in [-0.4, -0.2) is 21.0 Å². The van der Waals surface area contributed by atoms with E-state index in [4.69, 9.17) is 4.42 Å². The Labute approximate surface area is 160 Å². The number of aromatic nitrogens is 3. The lowest BCUT2D eigenvalue weighted by Crippen LogP contribution is -2.10. The number of nitrogens with zero attached hydrogens (tertiary/aromatic N) is 3. The third-order valence-corrected chi connectivity index (χ3v) is 5.02. The number of hydrogen-bond donors (Lipinski definition) is 0. The maximum absolute atomic E-state index is 13.1. The Morgan fingerprint density at radius 1 is 0.889 bits per heavy atom. The Bertz CT molecular complexity index is 1020. The average Bonchev–Trinajstić information content (AvgIpc) is 3.22. The molecule has 2 aromatic heterocycles. The second-order valence-electron chi connectivity index (χ2n) is 5.75. The normalized spacial score (nSPS) is 11.9. The zero-order valence-corrected chi connectivity index (χ0v) is 15.0. The van der Waals surface area contributed by atoms with E-state index >= 15 is 0 Å². The molecule has 0 radical (unpaired) electrons. The fraction of sp³-hybridized carbons (Fsp3) is 0.0476. The van der Waals surface area contributed by atoms with E-state index in [-0.39, 0.29) is 5.78 Å². The van der Waals surface area contributed by atoms with Gasteiger partial charge in [0.1, 0.15) is 5.25 Å². The highest BCUT2D eigenvalue weighted by molar-refractivity contribution is 8.00. The Balaban J connectivity index is 1.64. The van der Waals surface area contributed by atoms with Gasteiger partial charge in [-0.05, 0) is 29.5 Å². The monoisotopic (exact) mass is 373 g/mol. The van der Waals surface area contributed by atoms with Gasteiger partial charge in [0, 0.05) is 18.0 Å². The molecular formula is C21H15N3O2S. The van der Waals surface area contributed by atoms with Crippen LogP contribution >= 0.6 is 11.8 Å². The SMILES string of the molecule is O=C(c1ccccc1)[C@H](Sc1nnc(-c2cccnc2)o1)c1ccccc1. The second-order valence-corrected chi connectivity index (χ2v) is 6.81. The molecule has 0 aliphatic heterocycles. The maximum Gasteiger partial charge on any atom is 0.277 e. The van der Waals surface area contributed by atoms with Crippen molar-refractivity contribution >= 4 is 17.5 Å². The molecule has 0 spiro atoms. The van der Waals surface area contributed by atoms with E-state index in [1.165, 1.54) is 11.8 Å². The average molecular weight is 373 g/mol. The summed E-state index contributed by atoms with van der Waals surface area (Å²) in [5.74, 6) is 0.373. The van der Waals surface area contributed by atoms with Crippen molar-refractivity contribution in [3.63, 3.8) is 0 Å². The number of ketones is 1. The van der Waals surface area contributed by atoms with E-state index in [1.807, 2.05) is 66.7 Å². The van der Waals surface area contributed by atoms with Gasteiger partial charge in [0.2, 0.25) is 5.89 Å². The van der Waals surface area contributed by atoms with Crippen LogP contribution in [0.4, 0.5) is 0 Å². The van der Waals surface area contributed by atoms with E-state index in [2.05, 4.69) is 15.2 Å². The molecule has 2 aromatic carbocycles. The van der Waals surface area contributed by atoms with E-state index in [9.17, 15) is 4.79 Å². The van der Waals surface area contributed by atoms with Crippen molar-refractivity contribution in [3.05, 3.63) is 96.3 Å². The van der Waals surface area contributed by atoms with Gasteiger partial charge in [-0.2, -0.15) is 0 Å². The summed E-state index contributed by atoms with van der Waals surface area (Å²) in [6.45, 7) is 0. The van der Waals surface area contributed by atoms with Crippen molar-refractivity contribution in [2.45, 2.75) is 10.5 Å². The van der Waals surface area contributed by atoms with Crippen LogP contribution in [0.2, 0.25) is 0 Å². The number of pyridine rings is 1. The minimum Gasteiger partial charge on any atom is -0.411 e. The largest absolute Gasteiger partial charge is 0.411 e. The molecule has 0 fully saturated rings. The predicted molar refractivity (Wildman–Crippen MR) is 103 cm³/mol. The van der Waals surface area contributed by atoms with Gasteiger partial charge < -0.3 is 4.42 Å². The van der Waals surface area contributed by atoms with Gasteiger partial charge in [-0.15, -0.1) is 10.2 Å². The van der Waals surface area contributed by atoms with Gasteiger partial charge in [-0.25, -0.2) is 0 Å². The number of carbonyl (C=O) groups is 1. The third-order valence-electron chi connectivity index (χ3n) is 3.93. The lowest BCUT2D eigenvalue weighted by Gasteiger charge is -2.14. The van der Waals surface area contributed by atoms with E-state index in [1.54, 1.807) is 18.5 Å². The lowest BCUT2D eigenvalue weighted by molar-refractivity contribution is 0.0989. The first-order chi connectivity index (χ1) is 13.3. The Kier molecular flexibility index (Phi) is 5.07. The molecule has 0 unspecified atom stereocenters. The quantitative estimate of drug-likeness (QED) is 0.355. The maximum atomic E-state index is 13.1.